The fourth-order valence-corrected chi connectivity index (χ4v) is 2.66. The van der Waals surface area contributed by atoms with Gasteiger partial charge in [0.1, 0.15) is 6.79 Å². The van der Waals surface area contributed by atoms with Crippen LogP contribution >= 0.6 is 12.9 Å². The molecule has 0 bridgehead atoms. The van der Waals surface area contributed by atoms with Crippen molar-refractivity contribution in [3.63, 3.8) is 0 Å². The van der Waals surface area contributed by atoms with Gasteiger partial charge in [-0.25, -0.2) is 0 Å². The summed E-state index contributed by atoms with van der Waals surface area (Å²) in [4.78, 5) is 0. The van der Waals surface area contributed by atoms with Crippen LogP contribution in [0.4, 0.5) is 0 Å². The molecular weight excluding hydrogens is 268 g/mol. The molecule has 0 aromatic rings. The van der Waals surface area contributed by atoms with E-state index >= 15 is 0 Å². The first kappa shape index (κ1) is 16.2. The lowest BCUT2D eigenvalue weighted by Crippen LogP contribution is -2.04. The zero-order valence-corrected chi connectivity index (χ0v) is 13.1. The van der Waals surface area contributed by atoms with E-state index in [1.807, 2.05) is 0 Å². The van der Waals surface area contributed by atoms with E-state index in [0.29, 0.717) is 6.79 Å². The molecule has 2 nitrogen and oxygen atoms in total. The number of hydrogen-bond donors (Lipinski definition) is 0. The minimum absolute atomic E-state index is 0.0105. The molecule has 0 amide bonds. The van der Waals surface area contributed by atoms with Crippen molar-refractivity contribution < 1.29 is 9.47 Å². The maximum atomic E-state index is 5.39. The maximum absolute atomic E-state index is 5.39. The number of ether oxygens (including phenoxy) is 2. The molecule has 0 saturated carbocycles. The van der Waals surface area contributed by atoms with Crippen LogP contribution in [0.5, 0.6) is 0 Å². The Morgan fingerprint density at radius 1 is 1.13 bits per heavy atom. The molecule has 15 heavy (non-hydrogen) atoms. The van der Waals surface area contributed by atoms with Crippen molar-refractivity contribution in [2.24, 2.45) is 0 Å². The van der Waals surface area contributed by atoms with Gasteiger partial charge in [0.05, 0.1) is 0 Å². The van der Waals surface area contributed by atoms with Crippen LogP contribution in [0.2, 0.25) is 4.05 Å². The third kappa shape index (κ3) is 13.1. The lowest BCUT2D eigenvalue weighted by Gasteiger charge is -2.07. The minimum Gasteiger partial charge on any atom is -0.355 e. The van der Waals surface area contributed by atoms with Crippen LogP contribution in [0.3, 0.4) is 0 Å². The van der Waals surface area contributed by atoms with E-state index in [0.717, 1.165) is 30.1 Å². The van der Waals surface area contributed by atoms with Gasteiger partial charge in [0.15, 0.2) is 0 Å². The van der Waals surface area contributed by atoms with E-state index in [-0.39, 0.29) is 18.2 Å². The fraction of sp³-hybridized carbons (Fsp3) is 1.00. The monoisotopic (exact) mass is 290 g/mol. The molecule has 0 rings (SSSR count). The Kier molecular flexibility index (Phi) is 14.3. The number of rotatable bonds is 11. The highest BCUT2D eigenvalue weighted by Gasteiger charge is 2.02. The number of unbranched alkanes of at least 4 members (excludes halogenated alkanes) is 2. The van der Waals surface area contributed by atoms with Gasteiger partial charge < -0.3 is 22.4 Å². The van der Waals surface area contributed by atoms with Crippen molar-refractivity contribution >= 4 is 31.1 Å². The molecule has 0 aliphatic heterocycles. The van der Waals surface area contributed by atoms with Crippen molar-refractivity contribution in [1.82, 2.24) is 0 Å². The van der Waals surface area contributed by atoms with E-state index in [1.165, 1.54) is 19.3 Å². The molecule has 4 heteroatoms. The molecule has 0 radical (unpaired) electrons. The summed E-state index contributed by atoms with van der Waals surface area (Å²) in [5.41, 5.74) is 0. The molecule has 1 atom stereocenters. The van der Waals surface area contributed by atoms with Crippen LogP contribution in [-0.4, -0.2) is 38.2 Å². The van der Waals surface area contributed by atoms with E-state index in [4.69, 9.17) is 9.47 Å². The first-order chi connectivity index (χ1) is 7.31. The molecule has 1 unspecified atom stereocenters. The van der Waals surface area contributed by atoms with Crippen molar-refractivity contribution in [2.45, 2.75) is 50.0 Å². The van der Waals surface area contributed by atoms with Crippen molar-refractivity contribution in [1.29, 1.82) is 0 Å². The van der Waals surface area contributed by atoms with Crippen LogP contribution in [0.25, 0.3) is 0 Å². The smallest absolute Gasteiger partial charge is 0.355 e. The van der Waals surface area contributed by atoms with Gasteiger partial charge in [-0.05, 0) is 12.8 Å². The lowest BCUT2D eigenvalue weighted by molar-refractivity contribution is -0.0554. The maximum Gasteiger partial charge on any atom is 0.471 e. The van der Waals surface area contributed by atoms with Crippen molar-refractivity contribution in [2.75, 3.05) is 20.0 Å². The van der Waals surface area contributed by atoms with Crippen LogP contribution in [-0.2, 0) is 9.47 Å². The van der Waals surface area contributed by atoms with E-state index in [9.17, 15) is 0 Å². The Morgan fingerprint density at radius 3 is 2.40 bits per heavy atom. The van der Waals surface area contributed by atoms with Gasteiger partial charge in [-0.1, -0.05) is 33.1 Å². The average Bonchev–Trinajstić information content (AvgIpc) is 2.26. The first-order valence-corrected chi connectivity index (χ1v) is 10.7. The van der Waals surface area contributed by atoms with Gasteiger partial charge in [0.25, 0.3) is 0 Å². The molecule has 0 spiro atoms. The largest absolute Gasteiger partial charge is 0.471 e. The Labute approximate surface area is 110 Å². The normalized spacial score (nSPS) is 12.5. The highest BCUT2D eigenvalue weighted by atomic mass is 79.9. The number of hydrogen-bond acceptors (Lipinski definition) is 2. The fourth-order valence-electron chi connectivity index (χ4n) is 1.24. The Hall–Kier alpha value is 1.17. The summed E-state index contributed by atoms with van der Waals surface area (Å²) < 4.78 is 11.6. The van der Waals surface area contributed by atoms with Crippen LogP contribution < -0.4 is 0 Å². The van der Waals surface area contributed by atoms with Gasteiger partial charge in [-0.3, -0.25) is 0 Å². The predicted octanol–water partition coefficient (Wildman–Crippen LogP) is 3.77. The summed E-state index contributed by atoms with van der Waals surface area (Å²) in [5.74, 6) is 0. The zero-order chi connectivity index (χ0) is 11.4. The third-order valence-electron chi connectivity index (χ3n) is 2.31. The van der Waals surface area contributed by atoms with Crippen LogP contribution in [0, 0.1) is 0 Å². The highest BCUT2D eigenvalue weighted by Crippen LogP contribution is 2.12. The number of halogens is 1. The predicted molar refractivity (Wildman–Crippen MR) is 69.6 cm³/mol. The van der Waals surface area contributed by atoms with Gasteiger partial charge in [-0.2, -0.15) is 0 Å². The molecule has 0 aromatic carbocycles. The van der Waals surface area contributed by atoms with E-state index in [2.05, 4.69) is 26.7 Å². The summed E-state index contributed by atoms with van der Waals surface area (Å²) in [6.07, 6.45) is 6.11. The molecule has 0 fully saturated rings. The Bertz CT molecular complexity index is 125. The first-order valence-electron chi connectivity index (χ1n) is 6.02. The quantitative estimate of drug-likeness (QED) is 0.328. The molecule has 0 heterocycles. The standard InChI is InChI=1S/C11H23O2.BrH.Mg/c1-3-5-7-9-12-11-13-10-8-6-4-2;;/h3H,4-11H2,1-2H3;1H;/q;;+1/p-1. The second kappa shape index (κ2) is 13.2. The second-order valence-electron chi connectivity index (χ2n) is 4.04. The molecule has 0 aliphatic rings. The molecule has 0 saturated heterocycles. The van der Waals surface area contributed by atoms with Crippen molar-refractivity contribution in [3.05, 3.63) is 0 Å². The van der Waals surface area contributed by atoms with Crippen LogP contribution in [0.15, 0.2) is 0 Å². The van der Waals surface area contributed by atoms with Crippen molar-refractivity contribution in [3.8, 4) is 0 Å². The van der Waals surface area contributed by atoms with Gasteiger partial charge in [-0.15, -0.1) is 4.05 Å². The van der Waals surface area contributed by atoms with Gasteiger partial charge >= 0.3 is 18.2 Å². The molecular formula is C11H23BrMgO2. The van der Waals surface area contributed by atoms with E-state index in [1.54, 1.807) is 0 Å². The Balaban J connectivity index is 2.92. The summed E-state index contributed by atoms with van der Waals surface area (Å²) >= 11 is 3.62. The Morgan fingerprint density at radius 2 is 1.80 bits per heavy atom. The summed E-state index contributed by atoms with van der Waals surface area (Å²) in [7, 11) is 0. The summed E-state index contributed by atoms with van der Waals surface area (Å²) in [5, 5.41) is 0. The van der Waals surface area contributed by atoms with Gasteiger partial charge in [0.2, 0.25) is 0 Å². The SMILES string of the molecule is CCCCCOCOCCC[CH](C)[Mg][Br]. The highest BCUT2D eigenvalue weighted by molar-refractivity contribution is 9.23. The topological polar surface area (TPSA) is 18.5 Å². The van der Waals surface area contributed by atoms with E-state index < -0.39 is 0 Å². The summed E-state index contributed by atoms with van der Waals surface area (Å²) in [6.45, 7) is 6.68. The minimum atomic E-state index is 0.0105. The second-order valence-corrected chi connectivity index (χ2v) is 7.69. The zero-order valence-electron chi connectivity index (χ0n) is 10.1. The van der Waals surface area contributed by atoms with Crippen LogP contribution in [0.1, 0.15) is 46.0 Å². The van der Waals surface area contributed by atoms with Gasteiger partial charge in [0, 0.05) is 13.2 Å². The molecule has 88 valence electrons. The third-order valence-corrected chi connectivity index (χ3v) is 6.56. The summed E-state index contributed by atoms with van der Waals surface area (Å²) in [6, 6.07) is 0. The molecule has 0 N–H and O–H groups in total. The molecule has 0 aromatic heterocycles. The lowest BCUT2D eigenvalue weighted by atomic mass is 10.2. The average molecular weight is 292 g/mol. The molecule has 0 aliphatic carbocycles.